The Morgan fingerprint density at radius 2 is 0.515 bits per heavy atom. The van der Waals surface area contributed by atoms with Gasteiger partial charge >= 0.3 is 7.87 Å². The molecule has 33 heavy (non-hydrogen) atoms. The number of rotatable bonds is 8. The van der Waals surface area contributed by atoms with E-state index in [1.165, 1.54) is 0 Å². The van der Waals surface area contributed by atoms with Gasteiger partial charge in [-0.3, -0.25) is 20.8 Å². The summed E-state index contributed by atoms with van der Waals surface area (Å²) in [6, 6.07) is 33.5. The number of benzene rings is 4. The first kappa shape index (κ1) is 22.5. The largest absolute Gasteiger partial charge is 0.504 e. The van der Waals surface area contributed by atoms with Crippen LogP contribution < -0.4 is 19.3 Å². The van der Waals surface area contributed by atoms with Gasteiger partial charge in [0.25, 0.3) is 0 Å². The van der Waals surface area contributed by atoms with E-state index >= 15 is 0 Å². The molecular formula is C24H24N4O4P+. The minimum absolute atomic E-state index is 0.241. The molecule has 8 nitrogen and oxygen atoms in total. The van der Waals surface area contributed by atoms with Crippen LogP contribution in [-0.4, -0.2) is 20.8 Å². The average Bonchev–Trinajstić information content (AvgIpc) is 2.90. The van der Waals surface area contributed by atoms with E-state index in [0.717, 1.165) is 0 Å². The summed E-state index contributed by atoms with van der Waals surface area (Å²) in [6.07, 6.45) is 0. The van der Waals surface area contributed by atoms with Gasteiger partial charge in [-0.1, -0.05) is 92.1 Å². The fourth-order valence-electron chi connectivity index (χ4n) is 3.35. The molecule has 0 aromatic heterocycles. The molecule has 0 fully saturated rings. The summed E-state index contributed by atoms with van der Waals surface area (Å²) in [5, 5.41) is 46.4. The van der Waals surface area contributed by atoms with Crippen LogP contribution in [0.5, 0.6) is 0 Å². The first-order chi connectivity index (χ1) is 16.1. The van der Waals surface area contributed by atoms with Crippen LogP contribution in [0, 0.1) is 0 Å². The highest BCUT2D eigenvalue weighted by Crippen LogP contribution is 2.70. The second kappa shape index (κ2) is 9.87. The minimum Gasteiger partial charge on any atom is -0.251 e. The van der Waals surface area contributed by atoms with Gasteiger partial charge in [0, 0.05) is 0 Å². The molecule has 4 rings (SSSR count). The van der Waals surface area contributed by atoms with Gasteiger partial charge in [-0.2, -0.15) is 0 Å². The summed E-state index contributed by atoms with van der Waals surface area (Å²) in [6.45, 7) is 0. The minimum atomic E-state index is -4.19. The highest BCUT2D eigenvalue weighted by Gasteiger charge is 2.66. The van der Waals surface area contributed by atoms with Crippen LogP contribution in [0.1, 0.15) is 0 Å². The van der Waals surface area contributed by atoms with Gasteiger partial charge in [0.1, 0.15) is 22.7 Å². The molecule has 0 spiro atoms. The molecule has 0 heterocycles. The number of hydrogen-bond donors (Lipinski definition) is 4. The van der Waals surface area contributed by atoms with E-state index in [0.29, 0.717) is 19.3 Å². The van der Waals surface area contributed by atoms with E-state index in [1.54, 1.807) is 121 Å². The molecule has 4 N–H and O–H groups in total. The summed E-state index contributed by atoms with van der Waals surface area (Å²) >= 11 is 0. The molecule has 9 heteroatoms. The average molecular weight is 463 g/mol. The lowest BCUT2D eigenvalue weighted by Gasteiger charge is -2.42. The SMILES string of the molecule is ON(c1ccccc1)[P+](N(O)c1ccccc1)(N(O)c1ccccc1)N(O)c1ccccc1. The number of nitrogens with zero attached hydrogens (tertiary/aromatic N) is 4. The predicted octanol–water partition coefficient (Wildman–Crippen LogP) is 6.25. The highest BCUT2D eigenvalue weighted by molar-refractivity contribution is 7.80. The van der Waals surface area contributed by atoms with Crippen LogP contribution >= 0.6 is 7.87 Å². The zero-order valence-corrected chi connectivity index (χ0v) is 18.5. The van der Waals surface area contributed by atoms with Gasteiger partial charge in [0.15, 0.2) is 0 Å². The van der Waals surface area contributed by atoms with Crippen molar-refractivity contribution in [2.24, 2.45) is 0 Å². The Morgan fingerprint density at radius 1 is 0.333 bits per heavy atom. The van der Waals surface area contributed by atoms with Crippen LogP contribution in [0.2, 0.25) is 0 Å². The molecule has 168 valence electrons. The van der Waals surface area contributed by atoms with Gasteiger partial charge in [-0.15, -0.1) is 0 Å². The standard InChI is InChI=1S/C24H24N4O4P/c29-25(21-13-5-1-6-14-21)33(26(30)22-15-7-2-8-16-22,27(31)23-17-9-3-10-18-23)28(32)24-19-11-4-12-20-24/h1-20,29-32H/q+1. The summed E-state index contributed by atoms with van der Waals surface area (Å²) < 4.78 is 0. The molecule has 0 saturated carbocycles. The van der Waals surface area contributed by atoms with Crippen LogP contribution in [0.25, 0.3) is 0 Å². The van der Waals surface area contributed by atoms with Crippen molar-refractivity contribution in [3.05, 3.63) is 121 Å². The lowest BCUT2D eigenvalue weighted by Crippen LogP contribution is -2.50. The predicted molar refractivity (Wildman–Crippen MR) is 130 cm³/mol. The lowest BCUT2D eigenvalue weighted by molar-refractivity contribution is 0.234. The molecule has 0 aliphatic carbocycles. The van der Waals surface area contributed by atoms with E-state index in [4.69, 9.17) is 0 Å². The van der Waals surface area contributed by atoms with Crippen molar-refractivity contribution in [1.82, 2.24) is 0 Å². The maximum absolute atomic E-state index is 11.6. The first-order valence-electron chi connectivity index (χ1n) is 10.1. The first-order valence-corrected chi connectivity index (χ1v) is 11.7. The zero-order valence-electron chi connectivity index (χ0n) is 17.6. The maximum atomic E-state index is 11.6. The lowest BCUT2D eigenvalue weighted by atomic mass is 10.3. The number of anilines is 4. The summed E-state index contributed by atoms with van der Waals surface area (Å²) in [5.41, 5.74) is 0.966. The Labute approximate surface area is 192 Å². The van der Waals surface area contributed by atoms with Crippen molar-refractivity contribution in [2.45, 2.75) is 0 Å². The molecule has 0 atom stereocenters. The Morgan fingerprint density at radius 3 is 0.697 bits per heavy atom. The second-order valence-electron chi connectivity index (χ2n) is 7.04. The van der Waals surface area contributed by atoms with E-state index in [9.17, 15) is 20.8 Å². The fourth-order valence-corrected chi connectivity index (χ4v) is 6.08. The Balaban J connectivity index is 1.99. The van der Waals surface area contributed by atoms with Crippen LogP contribution in [0.4, 0.5) is 22.7 Å². The van der Waals surface area contributed by atoms with Crippen molar-refractivity contribution in [2.75, 3.05) is 19.3 Å². The molecule has 0 amide bonds. The van der Waals surface area contributed by atoms with Gasteiger partial charge in [-0.05, 0) is 48.5 Å². The monoisotopic (exact) mass is 463 g/mol. The molecular weight excluding hydrogens is 439 g/mol. The van der Waals surface area contributed by atoms with Crippen molar-refractivity contribution in [3.63, 3.8) is 0 Å². The molecule has 4 aromatic carbocycles. The summed E-state index contributed by atoms with van der Waals surface area (Å²) in [5.74, 6) is 0. The summed E-state index contributed by atoms with van der Waals surface area (Å²) in [7, 11) is -4.19. The van der Waals surface area contributed by atoms with Crippen LogP contribution in [0.15, 0.2) is 121 Å². The third kappa shape index (κ3) is 4.21. The molecule has 0 aliphatic heterocycles. The third-order valence-corrected chi connectivity index (χ3v) is 7.92. The van der Waals surface area contributed by atoms with Crippen molar-refractivity contribution in [3.8, 4) is 0 Å². The van der Waals surface area contributed by atoms with Crippen molar-refractivity contribution < 1.29 is 20.8 Å². The van der Waals surface area contributed by atoms with E-state index in [-0.39, 0.29) is 22.7 Å². The second-order valence-corrected chi connectivity index (χ2v) is 9.63. The van der Waals surface area contributed by atoms with Gasteiger partial charge in [0.2, 0.25) is 0 Å². The Bertz CT molecular complexity index is 953. The Kier molecular flexibility index (Phi) is 6.74. The maximum Gasteiger partial charge on any atom is 0.504 e. The molecule has 0 radical (unpaired) electrons. The molecule has 0 aliphatic rings. The van der Waals surface area contributed by atoms with Crippen molar-refractivity contribution in [1.29, 1.82) is 0 Å². The van der Waals surface area contributed by atoms with Crippen molar-refractivity contribution >= 4 is 30.6 Å². The fraction of sp³-hybridized carbons (Fsp3) is 0. The molecule has 0 saturated heterocycles. The number of hydrogen-bond acceptors (Lipinski definition) is 8. The Hall–Kier alpha value is -3.65. The van der Waals surface area contributed by atoms with Gasteiger partial charge < -0.3 is 0 Å². The molecule has 4 aromatic rings. The smallest absolute Gasteiger partial charge is 0.251 e. The summed E-state index contributed by atoms with van der Waals surface area (Å²) in [4.78, 5) is 2.78. The third-order valence-electron chi connectivity index (χ3n) is 4.97. The normalized spacial score (nSPS) is 11.0. The number of para-hydroxylation sites is 4. The molecule has 0 bridgehead atoms. The van der Waals surface area contributed by atoms with E-state index in [1.807, 2.05) is 0 Å². The van der Waals surface area contributed by atoms with Crippen LogP contribution in [0.3, 0.4) is 0 Å². The highest BCUT2D eigenvalue weighted by atomic mass is 31.2. The van der Waals surface area contributed by atoms with E-state index in [2.05, 4.69) is 0 Å². The topological polar surface area (TPSA) is 93.9 Å². The quantitative estimate of drug-likeness (QED) is 0.180. The van der Waals surface area contributed by atoms with Crippen LogP contribution in [-0.2, 0) is 0 Å². The molecule has 0 unspecified atom stereocenters. The van der Waals surface area contributed by atoms with Gasteiger partial charge in [-0.25, -0.2) is 0 Å². The zero-order chi connectivity index (χ0) is 23.3. The van der Waals surface area contributed by atoms with Gasteiger partial charge in [0.05, 0.1) is 0 Å². The van der Waals surface area contributed by atoms with E-state index < -0.39 is 7.87 Å².